The number of halogens is 1. The maximum Gasteiger partial charge on any atom is 0.319 e. The van der Waals surface area contributed by atoms with Crippen molar-refractivity contribution in [3.05, 3.63) is 65.5 Å². The zero-order valence-corrected chi connectivity index (χ0v) is 19.3. The summed E-state index contributed by atoms with van der Waals surface area (Å²) in [5.41, 5.74) is 2.86. The summed E-state index contributed by atoms with van der Waals surface area (Å²) in [4.78, 5) is 35.9. The van der Waals surface area contributed by atoms with Gasteiger partial charge in [0, 0.05) is 12.2 Å². The Balaban J connectivity index is 1.61. The molecule has 1 atom stereocenters. The number of thioether (sulfide) groups is 1. The average molecular weight is 461 g/mol. The summed E-state index contributed by atoms with van der Waals surface area (Å²) in [6.45, 7) is 5.97. The molecule has 0 fully saturated rings. The first-order valence-corrected chi connectivity index (χ1v) is 11.5. The van der Waals surface area contributed by atoms with Gasteiger partial charge in [-0.25, -0.2) is 4.39 Å². The van der Waals surface area contributed by atoms with Crippen molar-refractivity contribution in [1.29, 1.82) is 0 Å². The number of benzene rings is 2. The second-order valence-electron chi connectivity index (χ2n) is 7.61. The predicted octanol–water partition coefficient (Wildman–Crippen LogP) is 3.91. The number of rotatable bonds is 11. The van der Waals surface area contributed by atoms with Gasteiger partial charge in [-0.15, -0.1) is 11.8 Å². The molecule has 172 valence electrons. The number of hydrogen-bond acceptors (Lipinski definition) is 5. The summed E-state index contributed by atoms with van der Waals surface area (Å²) in [6, 6.07) is 13.7. The van der Waals surface area contributed by atoms with Gasteiger partial charge in [0.2, 0.25) is 5.91 Å². The number of ether oxygens (including phenoxy) is 1. The third kappa shape index (κ3) is 9.09. The molecule has 2 amide bonds. The van der Waals surface area contributed by atoms with Crippen molar-refractivity contribution < 1.29 is 23.5 Å². The first kappa shape index (κ1) is 25.4. The van der Waals surface area contributed by atoms with Gasteiger partial charge in [-0.05, 0) is 54.7 Å². The predicted molar refractivity (Wildman–Crippen MR) is 125 cm³/mol. The molecule has 0 aromatic heterocycles. The van der Waals surface area contributed by atoms with Crippen LogP contribution in [-0.2, 0) is 25.5 Å². The first-order chi connectivity index (χ1) is 15.2. The van der Waals surface area contributed by atoms with Crippen LogP contribution >= 0.6 is 11.8 Å². The largest absolute Gasteiger partial charge is 0.455 e. The maximum atomic E-state index is 12.9. The minimum absolute atomic E-state index is 0.0233. The van der Waals surface area contributed by atoms with Crippen molar-refractivity contribution in [2.75, 3.05) is 24.2 Å². The lowest BCUT2D eigenvalue weighted by Gasteiger charge is -2.12. The van der Waals surface area contributed by atoms with E-state index in [2.05, 4.69) is 36.6 Å². The lowest BCUT2D eigenvalue weighted by molar-refractivity contribution is -0.147. The zero-order valence-electron chi connectivity index (χ0n) is 18.5. The Morgan fingerprint density at radius 1 is 0.969 bits per heavy atom. The number of amides is 2. The Hall–Kier alpha value is -2.87. The smallest absolute Gasteiger partial charge is 0.319 e. The van der Waals surface area contributed by atoms with E-state index in [-0.39, 0.29) is 24.2 Å². The van der Waals surface area contributed by atoms with Gasteiger partial charge in [0.15, 0.2) is 6.61 Å². The number of esters is 1. The lowest BCUT2D eigenvalue weighted by Crippen LogP contribution is -2.32. The van der Waals surface area contributed by atoms with Crippen molar-refractivity contribution in [2.45, 2.75) is 38.4 Å². The van der Waals surface area contributed by atoms with Gasteiger partial charge in [0.25, 0.3) is 5.91 Å². The Bertz CT molecular complexity index is 901. The molecule has 32 heavy (non-hydrogen) atoms. The lowest BCUT2D eigenvalue weighted by atomic mass is 10.0. The molecule has 2 aromatic rings. The number of nitrogens with one attached hydrogen (secondary N) is 2. The minimum atomic E-state index is -0.610. The molecule has 0 spiro atoms. The minimum Gasteiger partial charge on any atom is -0.455 e. The Morgan fingerprint density at radius 3 is 2.25 bits per heavy atom. The number of hydrogen-bond donors (Lipinski definition) is 2. The van der Waals surface area contributed by atoms with E-state index in [1.54, 1.807) is 6.92 Å². The van der Waals surface area contributed by atoms with Crippen LogP contribution in [0.25, 0.3) is 0 Å². The monoisotopic (exact) mass is 460 g/mol. The molecule has 6 nitrogen and oxygen atoms in total. The SMILES string of the molecule is CC(SCC(=O)Nc1ccc(F)cc1)C(=O)OCC(=O)NCCc1ccc(C(C)C)cc1. The average Bonchev–Trinajstić information content (AvgIpc) is 2.77. The quantitative estimate of drug-likeness (QED) is 0.497. The van der Waals surface area contributed by atoms with Crippen LogP contribution in [0.4, 0.5) is 10.1 Å². The van der Waals surface area contributed by atoms with Gasteiger partial charge in [-0.1, -0.05) is 38.1 Å². The van der Waals surface area contributed by atoms with Crippen molar-refractivity contribution in [1.82, 2.24) is 5.32 Å². The van der Waals surface area contributed by atoms with Gasteiger partial charge in [0.1, 0.15) is 11.1 Å². The fourth-order valence-corrected chi connectivity index (χ4v) is 3.40. The summed E-state index contributed by atoms with van der Waals surface area (Å²) in [5.74, 6) is -1.15. The van der Waals surface area contributed by atoms with Gasteiger partial charge in [0.05, 0.1) is 5.75 Å². The van der Waals surface area contributed by atoms with E-state index < -0.39 is 17.0 Å². The molecule has 0 saturated heterocycles. The topological polar surface area (TPSA) is 84.5 Å². The number of carbonyl (C=O) groups is 3. The third-order valence-electron chi connectivity index (χ3n) is 4.65. The molecule has 2 rings (SSSR count). The molecule has 0 radical (unpaired) electrons. The molecular weight excluding hydrogens is 431 g/mol. The van der Waals surface area contributed by atoms with Crippen molar-refractivity contribution >= 4 is 35.2 Å². The van der Waals surface area contributed by atoms with Gasteiger partial charge in [-0.3, -0.25) is 14.4 Å². The number of carbonyl (C=O) groups excluding carboxylic acids is 3. The van der Waals surface area contributed by atoms with Crippen molar-refractivity contribution in [3.63, 3.8) is 0 Å². The van der Waals surface area contributed by atoms with Crippen molar-refractivity contribution in [2.24, 2.45) is 0 Å². The molecule has 8 heteroatoms. The van der Waals surface area contributed by atoms with Crippen molar-refractivity contribution in [3.8, 4) is 0 Å². The van der Waals surface area contributed by atoms with Gasteiger partial charge < -0.3 is 15.4 Å². The van der Waals surface area contributed by atoms with E-state index in [1.807, 2.05) is 12.1 Å². The maximum absolute atomic E-state index is 12.9. The van der Waals surface area contributed by atoms with Crippen LogP contribution in [0.2, 0.25) is 0 Å². The molecule has 0 aliphatic carbocycles. The fourth-order valence-electron chi connectivity index (χ4n) is 2.72. The summed E-state index contributed by atoms with van der Waals surface area (Å²) < 4.78 is 17.9. The van der Waals surface area contributed by atoms with Crippen LogP contribution in [-0.4, -0.2) is 41.9 Å². The normalized spacial score (nSPS) is 11.7. The zero-order chi connectivity index (χ0) is 23.5. The van der Waals surface area contributed by atoms with Crippen LogP contribution in [0.3, 0.4) is 0 Å². The highest BCUT2D eigenvalue weighted by Gasteiger charge is 2.18. The highest BCUT2D eigenvalue weighted by Crippen LogP contribution is 2.15. The molecule has 2 aromatic carbocycles. The van der Waals surface area contributed by atoms with E-state index in [4.69, 9.17) is 4.74 Å². The summed E-state index contributed by atoms with van der Waals surface area (Å²) in [5, 5.41) is 4.74. The standard InChI is InChI=1S/C24H29FN2O4S/c1-16(2)19-6-4-18(5-7-19)12-13-26-22(28)14-31-24(30)17(3)32-15-23(29)27-21-10-8-20(25)9-11-21/h4-11,16-17H,12-15H2,1-3H3,(H,26,28)(H,27,29). The van der Waals surface area contributed by atoms with E-state index >= 15 is 0 Å². The molecule has 0 aliphatic rings. The highest BCUT2D eigenvalue weighted by molar-refractivity contribution is 8.01. The molecule has 0 bridgehead atoms. The second kappa shape index (κ2) is 12.9. The first-order valence-electron chi connectivity index (χ1n) is 10.4. The van der Waals surface area contributed by atoms with E-state index in [0.717, 1.165) is 17.3 Å². The van der Waals surface area contributed by atoms with Crippen LogP contribution in [0.5, 0.6) is 0 Å². The number of anilines is 1. The molecule has 0 aliphatic heterocycles. The second-order valence-corrected chi connectivity index (χ2v) is 8.94. The van der Waals surface area contributed by atoms with Crippen LogP contribution in [0, 0.1) is 5.82 Å². The van der Waals surface area contributed by atoms with Crippen LogP contribution < -0.4 is 10.6 Å². The van der Waals surface area contributed by atoms with Crippen LogP contribution in [0.15, 0.2) is 48.5 Å². The highest BCUT2D eigenvalue weighted by atomic mass is 32.2. The van der Waals surface area contributed by atoms with E-state index in [1.165, 1.54) is 29.8 Å². The summed E-state index contributed by atoms with van der Waals surface area (Å²) in [6.07, 6.45) is 0.688. The Morgan fingerprint density at radius 2 is 1.62 bits per heavy atom. The molecule has 0 saturated carbocycles. The molecule has 2 N–H and O–H groups in total. The summed E-state index contributed by atoms with van der Waals surface area (Å²) in [7, 11) is 0. The Kier molecular flexibility index (Phi) is 10.2. The summed E-state index contributed by atoms with van der Waals surface area (Å²) >= 11 is 1.09. The van der Waals surface area contributed by atoms with Crippen LogP contribution in [0.1, 0.15) is 37.8 Å². The molecule has 0 heterocycles. The third-order valence-corrected chi connectivity index (χ3v) is 5.77. The van der Waals surface area contributed by atoms with Gasteiger partial charge in [-0.2, -0.15) is 0 Å². The Labute approximate surface area is 192 Å². The molecule has 1 unspecified atom stereocenters. The van der Waals surface area contributed by atoms with E-state index in [9.17, 15) is 18.8 Å². The fraction of sp³-hybridized carbons (Fsp3) is 0.375. The van der Waals surface area contributed by atoms with Gasteiger partial charge >= 0.3 is 5.97 Å². The molecular formula is C24H29FN2O4S. The van der Waals surface area contributed by atoms with E-state index in [0.29, 0.717) is 24.6 Å².